The number of imidazole rings is 1. The molecule has 0 radical (unpaired) electrons. The van der Waals surface area contributed by atoms with E-state index in [4.69, 9.17) is 0 Å². The number of aromatic nitrogens is 5. The van der Waals surface area contributed by atoms with Crippen molar-refractivity contribution >= 4 is 27.5 Å². The Morgan fingerprint density at radius 1 is 1.00 bits per heavy atom. The number of aryl methyl sites for hydroxylation is 2. The zero-order valence-corrected chi connectivity index (χ0v) is 17.0. The van der Waals surface area contributed by atoms with Gasteiger partial charge in [0.05, 0.1) is 6.33 Å². The second-order valence-corrected chi connectivity index (χ2v) is 8.77. The molecular weight excluding hydrogens is 392 g/mol. The van der Waals surface area contributed by atoms with Gasteiger partial charge < -0.3 is 14.8 Å². The minimum atomic E-state index is -3.57. The van der Waals surface area contributed by atoms with E-state index in [9.17, 15) is 8.42 Å². The Morgan fingerprint density at radius 3 is 2.41 bits per heavy atom. The molecule has 11 heteroatoms. The molecule has 152 valence electrons. The van der Waals surface area contributed by atoms with E-state index in [2.05, 4.69) is 25.5 Å². The van der Waals surface area contributed by atoms with Crippen LogP contribution >= 0.6 is 0 Å². The first-order valence-corrected chi connectivity index (χ1v) is 10.6. The molecule has 0 aliphatic carbocycles. The van der Waals surface area contributed by atoms with E-state index in [-0.39, 0.29) is 5.03 Å². The van der Waals surface area contributed by atoms with E-state index >= 15 is 0 Å². The summed E-state index contributed by atoms with van der Waals surface area (Å²) in [6.45, 7) is 3.80. The van der Waals surface area contributed by atoms with Crippen LogP contribution in [0, 0.1) is 6.92 Å². The Balaban J connectivity index is 1.38. The zero-order chi connectivity index (χ0) is 20.4. The van der Waals surface area contributed by atoms with Crippen LogP contribution in [0.2, 0.25) is 0 Å². The molecule has 0 atom stereocenters. The first kappa shape index (κ1) is 19.3. The number of pyridine rings is 1. The van der Waals surface area contributed by atoms with Gasteiger partial charge in [-0.05, 0) is 36.8 Å². The Labute approximate surface area is 169 Å². The van der Waals surface area contributed by atoms with E-state index < -0.39 is 10.0 Å². The molecule has 0 amide bonds. The maximum absolute atomic E-state index is 12.7. The Hall–Kier alpha value is -3.05. The number of rotatable bonds is 5. The average Bonchev–Trinajstić information content (AvgIpc) is 3.16. The fraction of sp³-hybridized carbons (Fsp3) is 0.333. The number of nitrogens with one attached hydrogen (secondary N) is 1. The van der Waals surface area contributed by atoms with Gasteiger partial charge in [-0.3, -0.25) is 0 Å². The van der Waals surface area contributed by atoms with Gasteiger partial charge >= 0.3 is 0 Å². The number of anilines is 3. The van der Waals surface area contributed by atoms with Gasteiger partial charge in [0.2, 0.25) is 0 Å². The van der Waals surface area contributed by atoms with Crippen LogP contribution in [-0.4, -0.2) is 63.6 Å². The molecule has 1 aliphatic rings. The quantitative estimate of drug-likeness (QED) is 0.663. The molecule has 4 rings (SSSR count). The summed E-state index contributed by atoms with van der Waals surface area (Å²) in [5.74, 6) is 2.02. The Kier molecular flexibility index (Phi) is 5.16. The molecule has 4 heterocycles. The van der Waals surface area contributed by atoms with Crippen molar-refractivity contribution in [3.8, 4) is 0 Å². The lowest BCUT2D eigenvalue weighted by Crippen LogP contribution is -2.49. The molecule has 0 saturated carbocycles. The third kappa shape index (κ3) is 4.20. The smallest absolute Gasteiger partial charge is 0.262 e. The maximum Gasteiger partial charge on any atom is 0.262 e. The largest absolute Gasteiger partial charge is 0.352 e. The summed E-state index contributed by atoms with van der Waals surface area (Å²) in [6, 6.07) is 7.56. The molecule has 0 unspecified atom stereocenters. The predicted octanol–water partition coefficient (Wildman–Crippen LogP) is 1.17. The lowest BCUT2D eigenvalue weighted by Gasteiger charge is -2.33. The first-order valence-electron chi connectivity index (χ1n) is 9.18. The van der Waals surface area contributed by atoms with Crippen molar-refractivity contribution in [2.45, 2.75) is 11.9 Å². The van der Waals surface area contributed by atoms with Crippen molar-refractivity contribution < 1.29 is 8.42 Å². The summed E-state index contributed by atoms with van der Waals surface area (Å²) in [7, 11) is -1.82. The summed E-state index contributed by atoms with van der Waals surface area (Å²) in [5, 5.41) is 11.7. The number of hydrogen-bond donors (Lipinski definition) is 1. The topological polar surface area (TPSA) is 109 Å². The maximum atomic E-state index is 12.7. The van der Waals surface area contributed by atoms with E-state index in [1.807, 2.05) is 36.1 Å². The SMILES string of the molecule is Cc1ccnc(Nc2ccc(N3CCN(S(=O)(=O)c4cn(C)cn4)CC3)nn2)c1. The van der Waals surface area contributed by atoms with Crippen molar-refractivity contribution in [1.29, 1.82) is 0 Å². The molecule has 0 bridgehead atoms. The van der Waals surface area contributed by atoms with Gasteiger partial charge in [0, 0.05) is 45.6 Å². The Bertz CT molecular complexity index is 1090. The molecule has 0 aromatic carbocycles. The van der Waals surface area contributed by atoms with Crippen molar-refractivity contribution in [3.63, 3.8) is 0 Å². The van der Waals surface area contributed by atoms with Crippen LogP contribution in [0.25, 0.3) is 0 Å². The van der Waals surface area contributed by atoms with Crippen molar-refractivity contribution in [2.75, 3.05) is 36.4 Å². The molecule has 0 spiro atoms. The van der Waals surface area contributed by atoms with Crippen LogP contribution in [0.3, 0.4) is 0 Å². The minimum absolute atomic E-state index is 0.0772. The van der Waals surface area contributed by atoms with Crippen molar-refractivity contribution in [1.82, 2.24) is 29.0 Å². The van der Waals surface area contributed by atoms with Gasteiger partial charge in [-0.25, -0.2) is 18.4 Å². The van der Waals surface area contributed by atoms with E-state index in [1.54, 1.807) is 17.8 Å². The molecule has 1 aliphatic heterocycles. The fourth-order valence-corrected chi connectivity index (χ4v) is 4.50. The van der Waals surface area contributed by atoms with Gasteiger partial charge in [-0.15, -0.1) is 10.2 Å². The molecule has 3 aromatic heterocycles. The van der Waals surface area contributed by atoms with Crippen LogP contribution in [0.1, 0.15) is 5.56 Å². The molecular formula is C18H22N8O2S. The highest BCUT2D eigenvalue weighted by atomic mass is 32.2. The van der Waals surface area contributed by atoms with Crippen LogP contribution in [0.5, 0.6) is 0 Å². The van der Waals surface area contributed by atoms with E-state index in [0.717, 1.165) is 5.56 Å². The predicted molar refractivity (Wildman–Crippen MR) is 108 cm³/mol. The fourth-order valence-electron chi connectivity index (χ4n) is 3.11. The van der Waals surface area contributed by atoms with Crippen molar-refractivity contribution in [3.05, 3.63) is 48.5 Å². The van der Waals surface area contributed by atoms with Crippen molar-refractivity contribution in [2.24, 2.45) is 7.05 Å². The van der Waals surface area contributed by atoms with Gasteiger partial charge in [0.25, 0.3) is 10.0 Å². The lowest BCUT2D eigenvalue weighted by molar-refractivity contribution is 0.382. The number of hydrogen-bond acceptors (Lipinski definition) is 8. The zero-order valence-electron chi connectivity index (χ0n) is 16.2. The second kappa shape index (κ2) is 7.76. The normalized spacial score (nSPS) is 15.4. The molecule has 1 fully saturated rings. The van der Waals surface area contributed by atoms with Gasteiger partial charge in [0.15, 0.2) is 16.7 Å². The second-order valence-electron chi connectivity index (χ2n) is 6.89. The minimum Gasteiger partial charge on any atom is -0.352 e. The van der Waals surface area contributed by atoms with Gasteiger partial charge in [-0.2, -0.15) is 4.31 Å². The van der Waals surface area contributed by atoms with Crippen LogP contribution in [0.4, 0.5) is 17.5 Å². The monoisotopic (exact) mass is 414 g/mol. The third-order valence-corrected chi connectivity index (χ3v) is 6.45. The average molecular weight is 414 g/mol. The summed E-state index contributed by atoms with van der Waals surface area (Å²) >= 11 is 0. The first-order chi connectivity index (χ1) is 13.9. The molecule has 1 N–H and O–H groups in total. The highest BCUT2D eigenvalue weighted by Crippen LogP contribution is 2.20. The third-order valence-electron chi connectivity index (χ3n) is 4.67. The van der Waals surface area contributed by atoms with Crippen LogP contribution in [0.15, 0.2) is 48.0 Å². The van der Waals surface area contributed by atoms with Gasteiger partial charge in [-0.1, -0.05) is 0 Å². The summed E-state index contributed by atoms with van der Waals surface area (Å²) in [4.78, 5) is 10.2. The standard InChI is InChI=1S/C18H22N8O2S/c1-14-5-6-19-16(11-14)21-15-3-4-17(23-22-15)25-7-9-26(10-8-25)29(27,28)18-12-24(2)13-20-18/h3-6,11-13H,7-10H2,1-2H3,(H,19,21,22). The van der Waals surface area contributed by atoms with E-state index in [1.165, 1.54) is 16.8 Å². The molecule has 29 heavy (non-hydrogen) atoms. The number of nitrogens with zero attached hydrogens (tertiary/aromatic N) is 7. The van der Waals surface area contributed by atoms with Gasteiger partial charge in [0.1, 0.15) is 5.82 Å². The summed E-state index contributed by atoms with van der Waals surface area (Å²) in [6.07, 6.45) is 4.74. The van der Waals surface area contributed by atoms with Crippen LogP contribution in [-0.2, 0) is 17.1 Å². The highest BCUT2D eigenvalue weighted by Gasteiger charge is 2.30. The summed E-state index contributed by atoms with van der Waals surface area (Å²) in [5.41, 5.74) is 1.10. The molecule has 3 aromatic rings. The summed E-state index contributed by atoms with van der Waals surface area (Å²) < 4.78 is 28.4. The van der Waals surface area contributed by atoms with Crippen LogP contribution < -0.4 is 10.2 Å². The Morgan fingerprint density at radius 2 is 1.79 bits per heavy atom. The molecule has 10 nitrogen and oxygen atoms in total. The lowest BCUT2D eigenvalue weighted by atomic mass is 10.3. The highest BCUT2D eigenvalue weighted by molar-refractivity contribution is 7.89. The van der Waals surface area contributed by atoms with E-state index in [0.29, 0.717) is 43.6 Å². The number of sulfonamides is 1. The molecule has 1 saturated heterocycles. The number of piperazine rings is 1.